The van der Waals surface area contributed by atoms with E-state index >= 15 is 0 Å². The van der Waals surface area contributed by atoms with Gasteiger partial charge in [-0.05, 0) is 74.2 Å². The van der Waals surface area contributed by atoms with Gasteiger partial charge in [0, 0.05) is 30.2 Å². The molecule has 7 N–H and O–H groups in total. The Morgan fingerprint density at radius 1 is 0.882 bits per heavy atom. The largest absolute Gasteiger partial charge is 0.396 e. The van der Waals surface area contributed by atoms with Crippen LogP contribution in [0, 0.1) is 10.7 Å². The number of carbonyl (C=O) groups excluding carboxylic acids is 3. The third kappa shape index (κ3) is 8.61. The molecule has 0 spiro atoms. The van der Waals surface area contributed by atoms with E-state index in [0.717, 1.165) is 5.06 Å². The second kappa shape index (κ2) is 15.6. The van der Waals surface area contributed by atoms with Gasteiger partial charge in [-0.15, -0.1) is 0 Å². The molecular weight excluding hydrogens is 795 g/mol. The molecule has 192 valence electrons. The van der Waals surface area contributed by atoms with Gasteiger partial charge >= 0.3 is 0 Å². The summed E-state index contributed by atoms with van der Waals surface area (Å²) in [5.41, 5.74) is 0.200. The number of nitrogens with zero attached hydrogens (tertiary/aromatic N) is 1. The molecule has 2 atom stereocenters. The number of amides is 3. The van der Waals surface area contributed by atoms with Gasteiger partial charge in [-0.1, -0.05) is 0 Å². The Morgan fingerprint density at radius 2 is 1.32 bits per heavy atom. The summed E-state index contributed by atoms with van der Waals surface area (Å²) in [6.45, 7) is -0.588. The van der Waals surface area contributed by atoms with Crippen LogP contribution in [0.5, 0.6) is 0 Å². The van der Waals surface area contributed by atoms with E-state index in [-0.39, 0.29) is 60.2 Å². The van der Waals surface area contributed by atoms with Gasteiger partial charge in [0.15, 0.2) is 0 Å². The second-order valence-corrected chi connectivity index (χ2v) is 10.1. The average molecular weight is 821 g/mol. The maximum Gasteiger partial charge on any atom is 0.253 e. The van der Waals surface area contributed by atoms with Crippen molar-refractivity contribution >= 4 is 91.2 Å². The van der Waals surface area contributed by atoms with Crippen LogP contribution in [-0.2, 0) is 9.63 Å². The summed E-state index contributed by atoms with van der Waals surface area (Å²) in [6, 6.07) is 0. The van der Waals surface area contributed by atoms with Gasteiger partial charge in [0.2, 0.25) is 5.91 Å². The topological polar surface area (TPSA) is 189 Å². The molecule has 2 unspecified atom stereocenters. The molecule has 0 saturated heterocycles. The van der Waals surface area contributed by atoms with E-state index in [0.29, 0.717) is 0 Å². The first kappa shape index (κ1) is 31.6. The van der Waals surface area contributed by atoms with Crippen molar-refractivity contribution in [2.24, 2.45) is 0 Å². The van der Waals surface area contributed by atoms with Gasteiger partial charge in [0.25, 0.3) is 11.8 Å². The number of nitrogens with one attached hydrogen (secondary N) is 2. The molecule has 3 amide bonds. The predicted molar refractivity (Wildman–Crippen MR) is 146 cm³/mol. The fourth-order valence-electron chi connectivity index (χ4n) is 2.49. The predicted octanol–water partition coefficient (Wildman–Crippen LogP) is -0.667. The first-order chi connectivity index (χ1) is 16.0. The average Bonchev–Trinajstić information content (AvgIpc) is 2.79. The van der Waals surface area contributed by atoms with Crippen LogP contribution < -0.4 is 15.7 Å². The van der Waals surface area contributed by atoms with Gasteiger partial charge < -0.3 is 36.2 Å². The highest BCUT2D eigenvalue weighted by atomic mass is 127. The lowest BCUT2D eigenvalue weighted by Crippen LogP contribution is -2.38. The molecular formula is C19H26I3N3O9. The normalized spacial score (nSPS) is 12.7. The monoisotopic (exact) mass is 821 g/mol. The molecule has 0 fully saturated rings. The van der Waals surface area contributed by atoms with E-state index in [1.165, 1.54) is 6.92 Å². The second-order valence-electron chi connectivity index (χ2n) is 6.86. The Labute approximate surface area is 236 Å². The van der Waals surface area contributed by atoms with Crippen LogP contribution in [0.3, 0.4) is 0 Å². The van der Waals surface area contributed by atoms with Gasteiger partial charge in [0.05, 0.1) is 50.3 Å². The molecule has 0 radical (unpaired) electrons. The Balaban J connectivity index is 3.66. The van der Waals surface area contributed by atoms with Gasteiger partial charge in [-0.2, -0.15) is 5.06 Å². The van der Waals surface area contributed by atoms with Crippen LogP contribution in [-0.4, -0.2) is 95.0 Å². The molecule has 1 aromatic rings. The molecule has 0 aliphatic heterocycles. The van der Waals surface area contributed by atoms with Gasteiger partial charge in [-0.25, -0.2) is 0 Å². The molecule has 0 aliphatic rings. The van der Waals surface area contributed by atoms with Crippen LogP contribution >= 0.6 is 67.8 Å². The molecule has 1 rings (SSSR count). The van der Waals surface area contributed by atoms with Crippen molar-refractivity contribution in [1.82, 2.24) is 10.6 Å². The van der Waals surface area contributed by atoms with Gasteiger partial charge in [0.1, 0.15) is 5.69 Å². The zero-order chi connectivity index (χ0) is 26.0. The number of benzene rings is 1. The third-order valence-electron chi connectivity index (χ3n) is 4.18. The number of rotatable bonds is 13. The number of hydrogen-bond acceptors (Lipinski definition) is 9. The molecule has 0 aromatic heterocycles. The van der Waals surface area contributed by atoms with E-state index in [1.807, 2.05) is 67.8 Å². The Kier molecular flexibility index (Phi) is 14.5. The van der Waals surface area contributed by atoms with E-state index in [1.54, 1.807) is 0 Å². The molecule has 0 aliphatic carbocycles. The van der Waals surface area contributed by atoms with E-state index < -0.39 is 43.1 Å². The van der Waals surface area contributed by atoms with Crippen molar-refractivity contribution in [2.75, 3.05) is 44.6 Å². The minimum Gasteiger partial charge on any atom is -0.396 e. The Hall–Kier alpha value is -0.420. The van der Waals surface area contributed by atoms with Crippen molar-refractivity contribution in [3.8, 4) is 0 Å². The number of carbonyl (C=O) groups is 3. The Morgan fingerprint density at radius 3 is 1.68 bits per heavy atom. The number of hydroxylamine groups is 1. The molecule has 12 nitrogen and oxygen atoms in total. The van der Waals surface area contributed by atoms with Crippen molar-refractivity contribution in [3.63, 3.8) is 0 Å². The Bertz CT molecular complexity index is 835. The van der Waals surface area contributed by atoms with Crippen LogP contribution in [0.2, 0.25) is 0 Å². The minimum absolute atomic E-state index is 0.0112. The summed E-state index contributed by atoms with van der Waals surface area (Å²) in [5, 5.41) is 52.1. The zero-order valence-corrected chi connectivity index (χ0v) is 24.5. The molecule has 1 aromatic carbocycles. The highest BCUT2D eigenvalue weighted by Crippen LogP contribution is 2.38. The van der Waals surface area contributed by atoms with E-state index in [2.05, 4.69) is 10.6 Å². The molecule has 0 heterocycles. The number of aliphatic hydroxyl groups is 5. The van der Waals surface area contributed by atoms with Crippen molar-refractivity contribution in [2.45, 2.75) is 25.6 Å². The lowest BCUT2D eigenvalue weighted by atomic mass is 10.1. The fourth-order valence-corrected chi connectivity index (χ4v) is 7.07. The van der Waals surface area contributed by atoms with E-state index in [4.69, 9.17) is 20.2 Å². The standard InChI is InChI=1S/C19H26I3N3O9/c1-9(29)25(34-4-2-3-26)17-15(21)12(18(32)23-5-10(30)7-27)14(20)13(16(17)22)19(33)24-6-11(31)8-28/h10-11,26-28,30-31H,2-8H2,1H3,(H,23,32)(H,24,33). The quantitative estimate of drug-likeness (QED) is 0.0770. The summed E-state index contributed by atoms with van der Waals surface area (Å²) < 4.78 is 0.808. The summed E-state index contributed by atoms with van der Waals surface area (Å²) in [6.07, 6.45) is -2.15. The SMILES string of the molecule is CC(=O)N(OCCCO)c1c(I)c(C(=O)NCC(O)CO)c(I)c(C(=O)NCC(O)CO)c1I. The molecule has 34 heavy (non-hydrogen) atoms. The first-order valence-corrected chi connectivity index (χ1v) is 13.1. The van der Waals surface area contributed by atoms with Crippen molar-refractivity contribution < 1.29 is 44.8 Å². The summed E-state index contributed by atoms with van der Waals surface area (Å²) in [5.74, 6) is -1.87. The van der Waals surface area contributed by atoms with Crippen LogP contribution in [0.4, 0.5) is 5.69 Å². The van der Waals surface area contributed by atoms with Crippen LogP contribution in [0.1, 0.15) is 34.1 Å². The summed E-state index contributed by atoms with van der Waals surface area (Å²) in [7, 11) is 0. The molecule has 0 saturated carbocycles. The molecule has 0 bridgehead atoms. The van der Waals surface area contributed by atoms with Crippen LogP contribution in [0.25, 0.3) is 0 Å². The van der Waals surface area contributed by atoms with Crippen molar-refractivity contribution in [1.29, 1.82) is 0 Å². The first-order valence-electron chi connectivity index (χ1n) is 9.90. The number of aliphatic hydroxyl groups excluding tert-OH is 5. The number of halogens is 3. The number of anilines is 1. The smallest absolute Gasteiger partial charge is 0.253 e. The summed E-state index contributed by atoms with van der Waals surface area (Å²) in [4.78, 5) is 44.0. The maximum absolute atomic E-state index is 13.0. The maximum atomic E-state index is 13.0. The lowest BCUT2D eigenvalue weighted by molar-refractivity contribution is -0.124. The van der Waals surface area contributed by atoms with Crippen LogP contribution in [0.15, 0.2) is 0 Å². The summed E-state index contributed by atoms with van der Waals surface area (Å²) >= 11 is 5.52. The van der Waals surface area contributed by atoms with Crippen molar-refractivity contribution in [3.05, 3.63) is 21.8 Å². The zero-order valence-electron chi connectivity index (χ0n) is 18.1. The number of hydrogen-bond donors (Lipinski definition) is 7. The highest BCUT2D eigenvalue weighted by molar-refractivity contribution is 14.1. The van der Waals surface area contributed by atoms with E-state index in [9.17, 15) is 24.6 Å². The lowest BCUT2D eigenvalue weighted by Gasteiger charge is -2.26. The molecule has 15 heteroatoms. The fraction of sp³-hybridized carbons (Fsp3) is 0.526. The third-order valence-corrected chi connectivity index (χ3v) is 7.36. The highest BCUT2D eigenvalue weighted by Gasteiger charge is 2.32. The van der Waals surface area contributed by atoms with Gasteiger partial charge in [-0.3, -0.25) is 19.2 Å². The minimum atomic E-state index is -1.19.